The molecule has 0 saturated heterocycles. The van der Waals surface area contributed by atoms with Crippen LogP contribution in [0.1, 0.15) is 11.3 Å². The van der Waals surface area contributed by atoms with Crippen LogP contribution in [0, 0.1) is 0 Å². The Hall–Kier alpha value is -3.41. The summed E-state index contributed by atoms with van der Waals surface area (Å²) in [4.78, 5) is 12.1. The van der Waals surface area contributed by atoms with Crippen molar-refractivity contribution in [3.05, 3.63) is 57.9 Å². The molecule has 0 saturated carbocycles. The van der Waals surface area contributed by atoms with E-state index in [0.29, 0.717) is 11.5 Å². The first-order valence-electron chi connectivity index (χ1n) is 7.42. The first kappa shape index (κ1) is 16.4. The zero-order chi connectivity index (χ0) is 18.0. The summed E-state index contributed by atoms with van der Waals surface area (Å²) in [6.45, 7) is 0. The van der Waals surface area contributed by atoms with Gasteiger partial charge in [-0.3, -0.25) is 4.79 Å². The lowest BCUT2D eigenvalue weighted by molar-refractivity contribution is 0.355. The third-order valence-corrected chi connectivity index (χ3v) is 3.72. The molecule has 6 heteroatoms. The molecule has 0 aliphatic carbocycles. The number of hydrogen-bond acceptors (Lipinski definition) is 6. The van der Waals surface area contributed by atoms with E-state index in [-0.39, 0.29) is 27.9 Å². The number of phenols is 2. The molecular formula is C19H16O6. The van der Waals surface area contributed by atoms with Gasteiger partial charge in [-0.25, -0.2) is 0 Å². The third kappa shape index (κ3) is 3.14. The van der Waals surface area contributed by atoms with E-state index in [0.717, 1.165) is 5.56 Å². The molecule has 0 radical (unpaired) electrons. The minimum Gasteiger partial charge on any atom is -0.504 e. The lowest BCUT2D eigenvalue weighted by atomic mass is 10.1. The van der Waals surface area contributed by atoms with E-state index in [2.05, 4.69) is 0 Å². The van der Waals surface area contributed by atoms with E-state index < -0.39 is 5.75 Å². The zero-order valence-corrected chi connectivity index (χ0v) is 13.6. The highest BCUT2D eigenvalue weighted by atomic mass is 16.5. The van der Waals surface area contributed by atoms with E-state index >= 15 is 0 Å². The number of aromatic hydroxyl groups is 2. The molecule has 2 N–H and O–H groups in total. The molecule has 1 heterocycles. The summed E-state index contributed by atoms with van der Waals surface area (Å²) < 4.78 is 15.9. The standard InChI is InChI=1S/C19H16O6/c1-23-16-8-4-11(9-17(16)24-2)3-5-12-10-15(21)13-6-7-14(20)18(22)19(13)25-12/h3-10,20,22H,1-2H3/b5-3+. The topological polar surface area (TPSA) is 89.1 Å². The third-order valence-electron chi connectivity index (χ3n) is 3.72. The normalized spacial score (nSPS) is 11.1. The molecule has 25 heavy (non-hydrogen) atoms. The quantitative estimate of drug-likeness (QED) is 0.708. The summed E-state index contributed by atoms with van der Waals surface area (Å²) in [6.07, 6.45) is 3.32. The van der Waals surface area contributed by atoms with Crippen molar-refractivity contribution in [3.63, 3.8) is 0 Å². The minimum absolute atomic E-state index is 0.0561. The maximum Gasteiger partial charge on any atom is 0.201 e. The Morgan fingerprint density at radius 2 is 1.72 bits per heavy atom. The fourth-order valence-corrected chi connectivity index (χ4v) is 2.43. The van der Waals surface area contributed by atoms with Gasteiger partial charge in [0.15, 0.2) is 28.3 Å². The zero-order valence-electron chi connectivity index (χ0n) is 13.6. The fraction of sp³-hybridized carbons (Fsp3) is 0.105. The van der Waals surface area contributed by atoms with Crippen LogP contribution in [-0.2, 0) is 0 Å². The second kappa shape index (κ2) is 6.60. The van der Waals surface area contributed by atoms with E-state index in [1.165, 1.54) is 18.2 Å². The molecule has 0 fully saturated rings. The number of rotatable bonds is 4. The summed E-state index contributed by atoms with van der Waals surface area (Å²) in [5, 5.41) is 19.6. The predicted molar refractivity (Wildman–Crippen MR) is 94.3 cm³/mol. The van der Waals surface area contributed by atoms with Gasteiger partial charge >= 0.3 is 0 Å². The van der Waals surface area contributed by atoms with Crippen LogP contribution in [0.2, 0.25) is 0 Å². The van der Waals surface area contributed by atoms with Gasteiger partial charge in [-0.2, -0.15) is 0 Å². The van der Waals surface area contributed by atoms with E-state index in [4.69, 9.17) is 13.9 Å². The number of phenolic OH excluding ortho intramolecular Hbond substituents is 2. The minimum atomic E-state index is -0.462. The average Bonchev–Trinajstić information content (AvgIpc) is 2.63. The van der Waals surface area contributed by atoms with Crippen molar-refractivity contribution in [3.8, 4) is 23.0 Å². The lowest BCUT2D eigenvalue weighted by Crippen LogP contribution is -2.00. The van der Waals surface area contributed by atoms with E-state index in [9.17, 15) is 15.0 Å². The molecule has 0 spiro atoms. The van der Waals surface area contributed by atoms with Gasteiger partial charge in [0.2, 0.25) is 5.75 Å². The number of fused-ring (bicyclic) bond motifs is 1. The van der Waals surface area contributed by atoms with Crippen LogP contribution in [0.3, 0.4) is 0 Å². The maximum atomic E-state index is 12.1. The Bertz CT molecular complexity index is 1020. The van der Waals surface area contributed by atoms with Gasteiger partial charge in [0, 0.05) is 6.07 Å². The van der Waals surface area contributed by atoms with E-state index in [1.54, 1.807) is 38.5 Å². The summed E-state index contributed by atoms with van der Waals surface area (Å²) in [5.74, 6) is 0.616. The van der Waals surface area contributed by atoms with Crippen LogP contribution in [-0.4, -0.2) is 24.4 Å². The second-order valence-corrected chi connectivity index (χ2v) is 5.27. The molecule has 0 atom stereocenters. The molecule has 0 amide bonds. The van der Waals surface area contributed by atoms with Crippen molar-refractivity contribution in [1.82, 2.24) is 0 Å². The van der Waals surface area contributed by atoms with Crippen molar-refractivity contribution in [2.75, 3.05) is 14.2 Å². The van der Waals surface area contributed by atoms with Crippen molar-refractivity contribution >= 4 is 23.1 Å². The first-order valence-corrected chi connectivity index (χ1v) is 7.42. The molecule has 1 aromatic heterocycles. The lowest BCUT2D eigenvalue weighted by Gasteiger charge is -2.07. The van der Waals surface area contributed by atoms with Crippen LogP contribution in [0.4, 0.5) is 0 Å². The number of ether oxygens (including phenoxy) is 2. The van der Waals surface area contributed by atoms with Gasteiger partial charge in [0.25, 0.3) is 0 Å². The molecule has 0 aliphatic rings. The smallest absolute Gasteiger partial charge is 0.201 e. The molecule has 3 aromatic rings. The summed E-state index contributed by atoms with van der Waals surface area (Å²) in [5.41, 5.74) is 0.434. The average molecular weight is 340 g/mol. The number of benzene rings is 2. The summed E-state index contributed by atoms with van der Waals surface area (Å²) in [7, 11) is 3.10. The van der Waals surface area contributed by atoms with Crippen molar-refractivity contribution in [1.29, 1.82) is 0 Å². The summed E-state index contributed by atoms with van der Waals surface area (Å²) in [6, 6.07) is 9.32. The van der Waals surface area contributed by atoms with Crippen molar-refractivity contribution in [2.24, 2.45) is 0 Å². The highest BCUT2D eigenvalue weighted by Crippen LogP contribution is 2.33. The van der Waals surface area contributed by atoms with E-state index in [1.807, 2.05) is 6.07 Å². The Labute approximate surface area is 143 Å². The molecule has 0 unspecified atom stereocenters. The maximum absolute atomic E-state index is 12.1. The van der Waals surface area contributed by atoms with Gasteiger partial charge in [0.1, 0.15) is 5.76 Å². The SMILES string of the molecule is COc1ccc(/C=C/c2cc(=O)c3ccc(O)c(O)c3o2)cc1OC. The Kier molecular flexibility index (Phi) is 4.35. The predicted octanol–water partition coefficient (Wildman–Crippen LogP) is 3.39. The molecular weight excluding hydrogens is 324 g/mol. The molecule has 128 valence electrons. The molecule has 2 aromatic carbocycles. The van der Waals surface area contributed by atoms with Crippen LogP contribution in [0.25, 0.3) is 23.1 Å². The van der Waals surface area contributed by atoms with Crippen molar-refractivity contribution < 1.29 is 24.1 Å². The van der Waals surface area contributed by atoms with Crippen molar-refractivity contribution in [2.45, 2.75) is 0 Å². The Morgan fingerprint density at radius 3 is 2.44 bits per heavy atom. The number of hydrogen-bond donors (Lipinski definition) is 2. The van der Waals surface area contributed by atoms with Gasteiger partial charge in [-0.15, -0.1) is 0 Å². The van der Waals surface area contributed by atoms with Crippen LogP contribution in [0.15, 0.2) is 45.6 Å². The highest BCUT2D eigenvalue weighted by Gasteiger charge is 2.11. The summed E-state index contributed by atoms with van der Waals surface area (Å²) >= 11 is 0. The Balaban J connectivity index is 2.02. The molecule has 0 bridgehead atoms. The largest absolute Gasteiger partial charge is 0.504 e. The van der Waals surface area contributed by atoms with Crippen LogP contribution in [0.5, 0.6) is 23.0 Å². The number of methoxy groups -OCH3 is 2. The highest BCUT2D eigenvalue weighted by molar-refractivity contribution is 5.85. The molecule has 0 aliphatic heterocycles. The van der Waals surface area contributed by atoms with Gasteiger partial charge < -0.3 is 24.1 Å². The van der Waals surface area contributed by atoms with Gasteiger partial charge in [0.05, 0.1) is 19.6 Å². The van der Waals surface area contributed by atoms with Gasteiger partial charge in [-0.05, 0) is 35.9 Å². The van der Waals surface area contributed by atoms with Crippen LogP contribution >= 0.6 is 0 Å². The van der Waals surface area contributed by atoms with Gasteiger partial charge in [-0.1, -0.05) is 12.1 Å². The first-order chi connectivity index (χ1) is 12.0. The van der Waals surface area contributed by atoms with Crippen LogP contribution < -0.4 is 14.9 Å². The fourth-order valence-electron chi connectivity index (χ4n) is 2.43. The molecule has 6 nitrogen and oxygen atoms in total. The Morgan fingerprint density at radius 1 is 0.960 bits per heavy atom. The second-order valence-electron chi connectivity index (χ2n) is 5.27. The molecule has 3 rings (SSSR count). The monoisotopic (exact) mass is 340 g/mol.